The van der Waals surface area contributed by atoms with E-state index in [1.165, 1.54) is 0 Å². The Morgan fingerprint density at radius 3 is 2.72 bits per heavy atom. The number of aliphatic hydroxyl groups is 1. The van der Waals surface area contributed by atoms with Crippen LogP contribution in [0.1, 0.15) is 13.8 Å². The number of hydrogen-bond acceptors (Lipinski definition) is 3. The molecule has 1 aromatic carbocycles. The Balaban J connectivity index is 2.34. The number of aliphatic hydroxyl groups excluding tert-OH is 1. The average Bonchev–Trinajstić information content (AvgIpc) is 2.35. The van der Waals surface area contributed by atoms with Gasteiger partial charge in [0.2, 0.25) is 0 Å². The molecule has 0 aliphatic rings. The quantitative estimate of drug-likeness (QED) is 0.833. The monoisotopic (exact) mass is 264 g/mol. The van der Waals surface area contributed by atoms with Gasteiger partial charge in [0.25, 0.3) is 0 Å². The third-order valence-electron chi connectivity index (χ3n) is 3.03. The molecule has 0 radical (unpaired) electrons. The van der Waals surface area contributed by atoms with Crippen LogP contribution < -0.4 is 5.32 Å². The van der Waals surface area contributed by atoms with Gasteiger partial charge in [-0.25, -0.2) is 4.98 Å². The van der Waals surface area contributed by atoms with Crippen LogP contribution in [0.3, 0.4) is 0 Å². The Bertz CT molecular complexity index is 542. The second-order valence-corrected chi connectivity index (χ2v) is 5.05. The van der Waals surface area contributed by atoms with Crippen molar-refractivity contribution in [2.75, 3.05) is 11.9 Å². The third kappa shape index (κ3) is 2.74. The fraction of sp³-hybridized carbons (Fsp3) is 0.357. The zero-order valence-corrected chi connectivity index (χ0v) is 11.3. The molecule has 0 amide bonds. The van der Waals surface area contributed by atoms with Crippen molar-refractivity contribution >= 4 is 28.2 Å². The number of pyridine rings is 1. The minimum Gasteiger partial charge on any atom is -0.394 e. The van der Waals surface area contributed by atoms with E-state index in [4.69, 9.17) is 11.6 Å². The molecule has 2 rings (SSSR count). The molecular formula is C14H17ClN2O. The summed E-state index contributed by atoms with van der Waals surface area (Å²) >= 11 is 6.15. The zero-order chi connectivity index (χ0) is 13.1. The number of benzene rings is 1. The number of rotatable bonds is 4. The predicted octanol–water partition coefficient (Wildman–Crippen LogP) is 3.32. The molecule has 2 N–H and O–H groups in total. The molecule has 0 saturated heterocycles. The third-order valence-corrected chi connectivity index (χ3v) is 3.32. The fourth-order valence-electron chi connectivity index (χ4n) is 1.84. The SMILES string of the molecule is CC(C)[C@@H](CO)Nc1cc2ccccc2c(Cl)n1. The maximum absolute atomic E-state index is 9.32. The van der Waals surface area contributed by atoms with Crippen LogP contribution in [0.5, 0.6) is 0 Å². The van der Waals surface area contributed by atoms with Gasteiger partial charge in [0.1, 0.15) is 11.0 Å². The van der Waals surface area contributed by atoms with E-state index >= 15 is 0 Å². The fourth-order valence-corrected chi connectivity index (χ4v) is 2.11. The highest BCUT2D eigenvalue weighted by Gasteiger charge is 2.13. The highest BCUT2D eigenvalue weighted by molar-refractivity contribution is 6.34. The van der Waals surface area contributed by atoms with Gasteiger partial charge in [-0.3, -0.25) is 0 Å². The molecule has 0 aliphatic carbocycles. The predicted molar refractivity (Wildman–Crippen MR) is 76.1 cm³/mol. The van der Waals surface area contributed by atoms with Crippen molar-refractivity contribution in [1.82, 2.24) is 4.98 Å². The summed E-state index contributed by atoms with van der Waals surface area (Å²) in [6.07, 6.45) is 0. The Morgan fingerprint density at radius 2 is 2.06 bits per heavy atom. The molecule has 18 heavy (non-hydrogen) atoms. The molecule has 2 aromatic rings. The van der Waals surface area contributed by atoms with E-state index in [-0.39, 0.29) is 12.6 Å². The van der Waals surface area contributed by atoms with Crippen LogP contribution >= 0.6 is 11.6 Å². The molecule has 1 heterocycles. The average molecular weight is 265 g/mol. The Labute approximate surface area is 112 Å². The Hall–Kier alpha value is -1.32. The van der Waals surface area contributed by atoms with Crippen molar-refractivity contribution in [3.63, 3.8) is 0 Å². The smallest absolute Gasteiger partial charge is 0.139 e. The van der Waals surface area contributed by atoms with Gasteiger partial charge >= 0.3 is 0 Å². The van der Waals surface area contributed by atoms with E-state index in [1.54, 1.807) is 0 Å². The van der Waals surface area contributed by atoms with Crippen LogP contribution in [0.2, 0.25) is 5.15 Å². The molecule has 0 unspecified atom stereocenters. The summed E-state index contributed by atoms with van der Waals surface area (Å²) in [5, 5.41) is 15.0. The van der Waals surface area contributed by atoms with Gasteiger partial charge in [-0.2, -0.15) is 0 Å². The van der Waals surface area contributed by atoms with Gasteiger partial charge < -0.3 is 10.4 Å². The van der Waals surface area contributed by atoms with Crippen LogP contribution in [0.15, 0.2) is 30.3 Å². The van der Waals surface area contributed by atoms with E-state index in [1.807, 2.05) is 30.3 Å². The van der Waals surface area contributed by atoms with E-state index in [2.05, 4.69) is 24.1 Å². The first-order valence-corrected chi connectivity index (χ1v) is 6.42. The molecule has 1 aromatic heterocycles. The summed E-state index contributed by atoms with van der Waals surface area (Å²) in [5.41, 5.74) is 0. The van der Waals surface area contributed by atoms with Crippen molar-refractivity contribution < 1.29 is 5.11 Å². The van der Waals surface area contributed by atoms with Gasteiger partial charge in [0.15, 0.2) is 0 Å². The summed E-state index contributed by atoms with van der Waals surface area (Å²) in [5.74, 6) is 1.02. The number of aromatic nitrogens is 1. The van der Waals surface area contributed by atoms with Gasteiger partial charge in [-0.1, -0.05) is 49.7 Å². The van der Waals surface area contributed by atoms with Crippen molar-refractivity contribution in [2.24, 2.45) is 5.92 Å². The van der Waals surface area contributed by atoms with Crippen LogP contribution in [0.25, 0.3) is 10.8 Å². The maximum atomic E-state index is 9.32. The topological polar surface area (TPSA) is 45.1 Å². The first-order valence-electron chi connectivity index (χ1n) is 6.04. The normalized spacial score (nSPS) is 12.9. The number of nitrogens with zero attached hydrogens (tertiary/aromatic N) is 1. The van der Waals surface area contributed by atoms with Crippen molar-refractivity contribution in [3.8, 4) is 0 Å². The van der Waals surface area contributed by atoms with E-state index < -0.39 is 0 Å². The molecule has 96 valence electrons. The van der Waals surface area contributed by atoms with Crippen LogP contribution in [-0.2, 0) is 0 Å². The molecule has 4 heteroatoms. The summed E-state index contributed by atoms with van der Waals surface area (Å²) in [4.78, 5) is 4.31. The number of fused-ring (bicyclic) bond motifs is 1. The summed E-state index contributed by atoms with van der Waals surface area (Å²) in [7, 11) is 0. The highest BCUT2D eigenvalue weighted by Crippen LogP contribution is 2.25. The minimum atomic E-state index is -0.0188. The molecule has 0 bridgehead atoms. The van der Waals surface area contributed by atoms with Gasteiger partial charge in [-0.05, 0) is 17.4 Å². The van der Waals surface area contributed by atoms with Gasteiger partial charge in [0, 0.05) is 5.39 Å². The standard InChI is InChI=1S/C14H17ClN2O/c1-9(2)12(8-18)16-13-7-10-5-3-4-6-11(10)14(15)17-13/h3-7,9,12,18H,8H2,1-2H3,(H,16,17)/t12-/m1/s1. The summed E-state index contributed by atoms with van der Waals surface area (Å²) in [6, 6.07) is 9.78. The molecular weight excluding hydrogens is 248 g/mol. The Morgan fingerprint density at radius 1 is 1.33 bits per heavy atom. The molecule has 0 fully saturated rings. The number of nitrogens with one attached hydrogen (secondary N) is 1. The van der Waals surface area contributed by atoms with Crippen molar-refractivity contribution in [3.05, 3.63) is 35.5 Å². The summed E-state index contributed by atoms with van der Waals surface area (Å²) < 4.78 is 0. The number of anilines is 1. The minimum absolute atomic E-state index is 0.0188. The van der Waals surface area contributed by atoms with Crippen molar-refractivity contribution in [2.45, 2.75) is 19.9 Å². The number of halogens is 1. The van der Waals surface area contributed by atoms with E-state index in [9.17, 15) is 5.11 Å². The maximum Gasteiger partial charge on any atom is 0.139 e. The van der Waals surface area contributed by atoms with Crippen LogP contribution in [0, 0.1) is 5.92 Å². The van der Waals surface area contributed by atoms with Crippen LogP contribution in [0.4, 0.5) is 5.82 Å². The molecule has 3 nitrogen and oxygen atoms in total. The Kier molecular flexibility index (Phi) is 4.04. The number of hydrogen-bond donors (Lipinski definition) is 2. The van der Waals surface area contributed by atoms with Gasteiger partial charge in [0.05, 0.1) is 12.6 Å². The highest BCUT2D eigenvalue weighted by atomic mass is 35.5. The lowest BCUT2D eigenvalue weighted by Crippen LogP contribution is -2.29. The molecule has 0 spiro atoms. The zero-order valence-electron chi connectivity index (χ0n) is 10.5. The molecule has 1 atom stereocenters. The first-order chi connectivity index (χ1) is 8.61. The second-order valence-electron chi connectivity index (χ2n) is 4.70. The van der Waals surface area contributed by atoms with Crippen molar-refractivity contribution in [1.29, 1.82) is 0 Å². The first kappa shape index (κ1) is 13.1. The van der Waals surface area contributed by atoms with Crippen LogP contribution in [-0.4, -0.2) is 22.7 Å². The lowest BCUT2D eigenvalue weighted by Gasteiger charge is -2.20. The van der Waals surface area contributed by atoms with E-state index in [0.29, 0.717) is 16.9 Å². The van der Waals surface area contributed by atoms with E-state index in [0.717, 1.165) is 10.8 Å². The van der Waals surface area contributed by atoms with Gasteiger partial charge in [-0.15, -0.1) is 0 Å². The molecule has 0 saturated carbocycles. The lowest BCUT2D eigenvalue weighted by molar-refractivity contribution is 0.249. The summed E-state index contributed by atoms with van der Waals surface area (Å²) in [6.45, 7) is 4.18. The lowest BCUT2D eigenvalue weighted by atomic mass is 10.1. The second kappa shape index (κ2) is 5.55. The largest absolute Gasteiger partial charge is 0.394 e. The molecule has 0 aliphatic heterocycles.